The molecular weight excluding hydrogens is 298 g/mol. The Hall–Kier alpha value is -2.68. The molecule has 3 aromatic rings. The normalized spacial score (nSPS) is 10.9. The van der Waals surface area contributed by atoms with Gasteiger partial charge in [-0.3, -0.25) is 9.59 Å². The minimum absolute atomic E-state index is 0.0323. The monoisotopic (exact) mass is 319 g/mol. The first-order valence-electron chi connectivity index (χ1n) is 8.32. The molecule has 0 aliphatic carbocycles. The second-order valence-electron chi connectivity index (χ2n) is 5.97. The lowest BCUT2D eigenvalue weighted by molar-refractivity contribution is -0.118. The van der Waals surface area contributed by atoms with Gasteiger partial charge in [0.05, 0.1) is 5.56 Å². The third-order valence-corrected chi connectivity index (χ3v) is 4.50. The number of fused-ring (bicyclic) bond motifs is 1. The molecule has 0 amide bonds. The van der Waals surface area contributed by atoms with Crippen LogP contribution in [-0.2, 0) is 11.3 Å². The zero-order valence-corrected chi connectivity index (χ0v) is 14.1. The molecule has 0 fully saturated rings. The molecule has 0 radical (unpaired) electrons. The predicted molar refractivity (Wildman–Crippen MR) is 96.5 cm³/mol. The highest BCUT2D eigenvalue weighted by Gasteiger charge is 2.20. The molecule has 1 heterocycles. The molecule has 0 bridgehead atoms. The van der Waals surface area contributed by atoms with E-state index in [9.17, 15) is 9.59 Å². The fourth-order valence-electron chi connectivity index (χ4n) is 3.15. The summed E-state index contributed by atoms with van der Waals surface area (Å²) in [5.41, 5.74) is 3.36. The summed E-state index contributed by atoms with van der Waals surface area (Å²) in [7, 11) is 0. The van der Waals surface area contributed by atoms with Crippen LogP contribution in [0.15, 0.2) is 54.6 Å². The number of rotatable bonds is 6. The van der Waals surface area contributed by atoms with E-state index in [1.165, 1.54) is 0 Å². The van der Waals surface area contributed by atoms with E-state index in [1.54, 1.807) is 0 Å². The SMILES string of the molecule is CCC(=O)CCn1c(C)c(C(=O)c2ccccc2)c2ccccc21. The summed E-state index contributed by atoms with van der Waals surface area (Å²) >= 11 is 0. The number of nitrogens with zero attached hydrogens (tertiary/aromatic N) is 1. The van der Waals surface area contributed by atoms with Crippen molar-refractivity contribution in [2.24, 2.45) is 0 Å². The van der Waals surface area contributed by atoms with Crippen molar-refractivity contribution in [1.29, 1.82) is 0 Å². The molecule has 0 aliphatic rings. The topological polar surface area (TPSA) is 39.1 Å². The number of Topliss-reactive ketones (excluding diaryl/α,β-unsaturated/α-hetero) is 1. The molecule has 3 rings (SSSR count). The lowest BCUT2D eigenvalue weighted by Gasteiger charge is -2.08. The van der Waals surface area contributed by atoms with E-state index in [0.717, 1.165) is 22.2 Å². The maximum Gasteiger partial charge on any atom is 0.195 e. The number of aryl methyl sites for hydroxylation is 1. The van der Waals surface area contributed by atoms with Gasteiger partial charge in [0.15, 0.2) is 5.78 Å². The summed E-state index contributed by atoms with van der Waals surface area (Å²) in [6.45, 7) is 4.46. The van der Waals surface area contributed by atoms with Crippen LogP contribution < -0.4 is 0 Å². The molecule has 3 nitrogen and oxygen atoms in total. The van der Waals surface area contributed by atoms with Crippen molar-refractivity contribution in [3.05, 3.63) is 71.4 Å². The van der Waals surface area contributed by atoms with Crippen LogP contribution in [0.2, 0.25) is 0 Å². The van der Waals surface area contributed by atoms with Crippen molar-refractivity contribution in [3.8, 4) is 0 Å². The molecule has 0 spiro atoms. The van der Waals surface area contributed by atoms with Gasteiger partial charge in [-0.2, -0.15) is 0 Å². The summed E-state index contributed by atoms with van der Waals surface area (Å²) in [6, 6.07) is 17.3. The van der Waals surface area contributed by atoms with Crippen LogP contribution >= 0.6 is 0 Å². The summed E-state index contributed by atoms with van der Waals surface area (Å²) in [5.74, 6) is 0.271. The van der Waals surface area contributed by atoms with E-state index in [0.29, 0.717) is 24.9 Å². The van der Waals surface area contributed by atoms with Crippen molar-refractivity contribution in [1.82, 2.24) is 4.57 Å². The van der Waals surface area contributed by atoms with Crippen LogP contribution in [0.25, 0.3) is 10.9 Å². The number of carbonyl (C=O) groups excluding carboxylic acids is 2. The van der Waals surface area contributed by atoms with Crippen molar-refractivity contribution >= 4 is 22.5 Å². The molecule has 0 atom stereocenters. The van der Waals surface area contributed by atoms with Crippen molar-refractivity contribution < 1.29 is 9.59 Å². The highest BCUT2D eigenvalue weighted by Crippen LogP contribution is 2.28. The number of carbonyl (C=O) groups is 2. The molecule has 0 N–H and O–H groups in total. The van der Waals surface area contributed by atoms with Crippen molar-refractivity contribution in [2.45, 2.75) is 33.2 Å². The Balaban J connectivity index is 2.10. The maximum atomic E-state index is 13.0. The van der Waals surface area contributed by atoms with Gasteiger partial charge in [-0.15, -0.1) is 0 Å². The van der Waals surface area contributed by atoms with E-state index >= 15 is 0 Å². The van der Waals surface area contributed by atoms with Crippen LogP contribution in [0.1, 0.15) is 41.4 Å². The molecule has 3 heteroatoms. The van der Waals surface area contributed by atoms with Crippen molar-refractivity contribution in [3.63, 3.8) is 0 Å². The third-order valence-electron chi connectivity index (χ3n) is 4.50. The van der Waals surface area contributed by atoms with Gasteiger partial charge in [0.25, 0.3) is 0 Å². The zero-order valence-electron chi connectivity index (χ0n) is 14.1. The molecule has 24 heavy (non-hydrogen) atoms. The minimum Gasteiger partial charge on any atom is -0.344 e. The average molecular weight is 319 g/mol. The number of benzene rings is 2. The van der Waals surface area contributed by atoms with Crippen LogP contribution in [0, 0.1) is 6.92 Å². The summed E-state index contributed by atoms with van der Waals surface area (Å²) in [6.07, 6.45) is 1.04. The highest BCUT2D eigenvalue weighted by molar-refractivity contribution is 6.17. The molecule has 0 aliphatic heterocycles. The second kappa shape index (κ2) is 6.83. The van der Waals surface area contributed by atoms with Gasteiger partial charge < -0.3 is 4.57 Å². The van der Waals surface area contributed by atoms with Gasteiger partial charge in [0, 0.05) is 41.5 Å². The number of hydrogen-bond donors (Lipinski definition) is 0. The summed E-state index contributed by atoms with van der Waals surface area (Å²) in [5, 5.41) is 0.952. The zero-order chi connectivity index (χ0) is 17.1. The molecule has 0 saturated heterocycles. The van der Waals surface area contributed by atoms with E-state index in [1.807, 2.05) is 68.4 Å². The molecule has 0 unspecified atom stereocenters. The number of aromatic nitrogens is 1. The smallest absolute Gasteiger partial charge is 0.195 e. The Morgan fingerprint density at radius 2 is 1.62 bits per heavy atom. The average Bonchev–Trinajstić information content (AvgIpc) is 2.91. The molecule has 2 aromatic carbocycles. The predicted octanol–water partition coefficient (Wildman–Crippen LogP) is 4.55. The van der Waals surface area contributed by atoms with Crippen LogP contribution in [0.5, 0.6) is 0 Å². The first kappa shape index (κ1) is 16.2. The molecule has 0 saturated carbocycles. The summed E-state index contributed by atoms with van der Waals surface area (Å²) in [4.78, 5) is 24.7. The van der Waals surface area contributed by atoms with Crippen LogP contribution in [0.4, 0.5) is 0 Å². The Labute approximate surface area is 141 Å². The van der Waals surface area contributed by atoms with Gasteiger partial charge in [0.2, 0.25) is 0 Å². The first-order chi connectivity index (χ1) is 11.6. The Morgan fingerprint density at radius 1 is 0.958 bits per heavy atom. The lowest BCUT2D eigenvalue weighted by atomic mass is 10.0. The maximum absolute atomic E-state index is 13.0. The van der Waals surface area contributed by atoms with Crippen LogP contribution in [-0.4, -0.2) is 16.1 Å². The van der Waals surface area contributed by atoms with Gasteiger partial charge in [-0.05, 0) is 13.0 Å². The fraction of sp³-hybridized carbons (Fsp3) is 0.238. The largest absolute Gasteiger partial charge is 0.344 e. The lowest BCUT2D eigenvalue weighted by Crippen LogP contribution is -2.08. The van der Waals surface area contributed by atoms with E-state index in [2.05, 4.69) is 4.57 Å². The summed E-state index contributed by atoms with van der Waals surface area (Å²) < 4.78 is 2.10. The molecule has 1 aromatic heterocycles. The standard InChI is InChI=1S/C21H21NO2/c1-3-17(23)13-14-22-15(2)20(18-11-7-8-12-19(18)22)21(24)16-9-5-4-6-10-16/h4-12H,3,13-14H2,1-2H3. The Morgan fingerprint density at radius 3 is 2.33 bits per heavy atom. The minimum atomic E-state index is 0.0323. The van der Waals surface area contributed by atoms with E-state index < -0.39 is 0 Å². The van der Waals surface area contributed by atoms with Crippen molar-refractivity contribution in [2.75, 3.05) is 0 Å². The molecule has 122 valence electrons. The van der Waals surface area contributed by atoms with Gasteiger partial charge in [-0.1, -0.05) is 55.5 Å². The first-order valence-corrected chi connectivity index (χ1v) is 8.32. The van der Waals surface area contributed by atoms with Gasteiger partial charge in [0.1, 0.15) is 5.78 Å². The van der Waals surface area contributed by atoms with E-state index in [4.69, 9.17) is 0 Å². The fourth-order valence-corrected chi connectivity index (χ4v) is 3.15. The Bertz CT molecular complexity index is 891. The quantitative estimate of drug-likeness (QED) is 0.625. The van der Waals surface area contributed by atoms with Gasteiger partial charge in [-0.25, -0.2) is 0 Å². The second-order valence-corrected chi connectivity index (χ2v) is 5.97. The molecular formula is C21H21NO2. The number of para-hydroxylation sites is 1. The van der Waals surface area contributed by atoms with Crippen LogP contribution in [0.3, 0.4) is 0 Å². The number of ketones is 2. The third kappa shape index (κ3) is 2.90. The van der Waals surface area contributed by atoms with E-state index in [-0.39, 0.29) is 11.6 Å². The highest BCUT2D eigenvalue weighted by atomic mass is 16.1. The Kier molecular flexibility index (Phi) is 4.61. The van der Waals surface area contributed by atoms with Gasteiger partial charge >= 0.3 is 0 Å². The number of hydrogen-bond acceptors (Lipinski definition) is 2.